The Bertz CT molecular complexity index is 246. The van der Waals surface area contributed by atoms with Gasteiger partial charge in [-0.3, -0.25) is 0 Å². The molecule has 1 aliphatic carbocycles. The summed E-state index contributed by atoms with van der Waals surface area (Å²) < 4.78 is 0. The molecule has 11 heavy (non-hydrogen) atoms. The van der Waals surface area contributed by atoms with E-state index in [1.54, 1.807) is 0 Å². The summed E-state index contributed by atoms with van der Waals surface area (Å²) in [5.41, 5.74) is 1.23. The number of nitrogens with one attached hydrogen (secondary N) is 1. The number of allylic oxidation sites excluding steroid dienone is 7. The molecule has 0 amide bonds. The number of rotatable bonds is 1. The van der Waals surface area contributed by atoms with Crippen LogP contribution in [0.4, 0.5) is 0 Å². The van der Waals surface area contributed by atoms with E-state index in [0.29, 0.717) is 0 Å². The zero-order chi connectivity index (χ0) is 8.10. The molecule has 0 spiro atoms. The van der Waals surface area contributed by atoms with Crippen molar-refractivity contribution < 1.29 is 0 Å². The van der Waals surface area contributed by atoms with Crippen LogP contribution in [0.2, 0.25) is 0 Å². The smallest absolute Gasteiger partial charge is 0.0412 e. The van der Waals surface area contributed by atoms with Gasteiger partial charge in [0.15, 0.2) is 0 Å². The molecule has 0 heterocycles. The molecule has 0 saturated heterocycles. The lowest BCUT2D eigenvalue weighted by Crippen LogP contribution is -2.06. The normalized spacial score (nSPS) is 16.8. The first-order valence-corrected chi connectivity index (χ1v) is 4.74. The van der Waals surface area contributed by atoms with Crippen LogP contribution in [0.5, 0.6) is 0 Å². The van der Waals surface area contributed by atoms with Crippen LogP contribution in [-0.4, -0.2) is 17.3 Å². The average Bonchev–Trinajstić information content (AvgIpc) is 1.98. The minimum Gasteiger partial charge on any atom is -0.388 e. The van der Waals surface area contributed by atoms with Gasteiger partial charge in [0.25, 0.3) is 0 Å². The van der Waals surface area contributed by atoms with E-state index in [4.69, 9.17) is 0 Å². The number of hydrogen-bond acceptors (Lipinski definition) is 1. The fourth-order valence-electron chi connectivity index (χ4n) is 0.982. The van der Waals surface area contributed by atoms with Crippen molar-refractivity contribution in [1.82, 2.24) is 5.32 Å². The van der Waals surface area contributed by atoms with Crippen LogP contribution in [0.1, 0.15) is 0 Å². The highest BCUT2D eigenvalue weighted by atomic mass is 28.1. The van der Waals surface area contributed by atoms with Crippen molar-refractivity contribution in [2.75, 3.05) is 7.05 Å². The van der Waals surface area contributed by atoms with Crippen LogP contribution in [0.15, 0.2) is 47.3 Å². The summed E-state index contributed by atoms with van der Waals surface area (Å²) in [6.45, 7) is 0. The summed E-state index contributed by atoms with van der Waals surface area (Å²) in [6, 6.07) is 0. The second-order valence-electron chi connectivity index (χ2n) is 2.45. The fourth-order valence-corrected chi connectivity index (χ4v) is 1.59. The van der Waals surface area contributed by atoms with Gasteiger partial charge in [0, 0.05) is 23.0 Å². The van der Waals surface area contributed by atoms with Crippen molar-refractivity contribution >= 4 is 10.2 Å². The van der Waals surface area contributed by atoms with Crippen LogP contribution < -0.4 is 5.32 Å². The fraction of sp³-hybridized carbons (Fsp3) is 0.111. The van der Waals surface area contributed by atoms with Gasteiger partial charge in [0.2, 0.25) is 0 Å². The first-order chi connectivity index (χ1) is 5.34. The maximum atomic E-state index is 3.16. The minimum absolute atomic E-state index is 1.08. The van der Waals surface area contributed by atoms with Crippen molar-refractivity contribution in [3.05, 3.63) is 47.3 Å². The molecule has 0 saturated carbocycles. The van der Waals surface area contributed by atoms with E-state index in [2.05, 4.69) is 23.5 Å². The first kappa shape index (κ1) is 8.08. The molecule has 0 aromatic carbocycles. The van der Waals surface area contributed by atoms with E-state index in [1.807, 2.05) is 25.3 Å². The van der Waals surface area contributed by atoms with E-state index in [9.17, 15) is 0 Å². The van der Waals surface area contributed by atoms with Crippen LogP contribution in [0.25, 0.3) is 0 Å². The van der Waals surface area contributed by atoms with Gasteiger partial charge in [0.05, 0.1) is 0 Å². The van der Waals surface area contributed by atoms with Gasteiger partial charge >= 0.3 is 0 Å². The second-order valence-corrected chi connectivity index (χ2v) is 3.53. The Hall–Kier alpha value is -1.02. The average molecular weight is 163 g/mol. The summed E-state index contributed by atoms with van der Waals surface area (Å²) in [5.74, 6) is 0. The highest BCUT2D eigenvalue weighted by molar-refractivity contribution is 6.24. The summed E-state index contributed by atoms with van der Waals surface area (Å²) in [7, 11) is 3.04. The minimum atomic E-state index is 1.08. The van der Waals surface area contributed by atoms with Gasteiger partial charge in [-0.1, -0.05) is 30.4 Å². The van der Waals surface area contributed by atoms with E-state index in [-0.39, 0.29) is 0 Å². The first-order valence-electron chi connectivity index (χ1n) is 3.74. The molecule has 1 rings (SSSR count). The number of hydrogen-bond donors (Lipinski definition) is 1. The van der Waals surface area contributed by atoms with Gasteiger partial charge in [-0.25, -0.2) is 0 Å². The predicted octanol–water partition coefficient (Wildman–Crippen LogP) is 0.465. The molecule has 0 atom stereocenters. The Morgan fingerprint density at radius 2 is 1.73 bits per heavy atom. The molecule has 1 N–H and O–H groups in total. The molecule has 0 bridgehead atoms. The lowest BCUT2D eigenvalue weighted by atomic mass is 10.2. The lowest BCUT2D eigenvalue weighted by molar-refractivity contribution is 1.03. The van der Waals surface area contributed by atoms with Gasteiger partial charge < -0.3 is 5.32 Å². The van der Waals surface area contributed by atoms with E-state index >= 15 is 0 Å². The molecule has 1 aliphatic rings. The number of likely N-dealkylation sites (N-methyl/N-ethyl adjacent to an activating group) is 1. The molecular weight excluding hydrogens is 150 g/mol. The maximum absolute atomic E-state index is 3.16. The monoisotopic (exact) mass is 163 g/mol. The van der Waals surface area contributed by atoms with Crippen LogP contribution in [0.3, 0.4) is 0 Å². The molecule has 1 nitrogen and oxygen atoms in total. The molecule has 0 aliphatic heterocycles. The maximum Gasteiger partial charge on any atom is 0.0412 e. The van der Waals surface area contributed by atoms with Gasteiger partial charge in [-0.2, -0.15) is 0 Å². The molecule has 0 fully saturated rings. The van der Waals surface area contributed by atoms with Gasteiger partial charge in [0.1, 0.15) is 0 Å². The Morgan fingerprint density at radius 3 is 2.36 bits per heavy atom. The Balaban J connectivity index is 2.92. The largest absolute Gasteiger partial charge is 0.388 e. The Morgan fingerprint density at radius 1 is 1.09 bits per heavy atom. The van der Waals surface area contributed by atoms with Crippen molar-refractivity contribution in [3.63, 3.8) is 0 Å². The van der Waals surface area contributed by atoms with E-state index in [1.165, 1.54) is 10.9 Å². The molecule has 0 aromatic heterocycles. The van der Waals surface area contributed by atoms with E-state index < -0.39 is 0 Å². The SMILES string of the molecule is CNC1=C([SiH3])C=CC=CC=C1. The zero-order valence-electron chi connectivity index (χ0n) is 6.96. The highest BCUT2D eigenvalue weighted by Gasteiger charge is 1.91. The van der Waals surface area contributed by atoms with Crippen molar-refractivity contribution in [2.24, 2.45) is 0 Å². The van der Waals surface area contributed by atoms with Crippen molar-refractivity contribution in [3.8, 4) is 0 Å². The third kappa shape index (κ3) is 2.24. The molecule has 58 valence electrons. The van der Waals surface area contributed by atoms with Crippen molar-refractivity contribution in [2.45, 2.75) is 0 Å². The predicted molar refractivity (Wildman–Crippen MR) is 53.4 cm³/mol. The van der Waals surface area contributed by atoms with E-state index in [0.717, 1.165) is 10.2 Å². The highest BCUT2D eigenvalue weighted by Crippen LogP contribution is 2.03. The molecule has 0 aromatic rings. The molecular formula is C9H13NSi. The lowest BCUT2D eigenvalue weighted by Gasteiger charge is -2.04. The van der Waals surface area contributed by atoms with Gasteiger partial charge in [-0.05, 0) is 11.3 Å². The third-order valence-electron chi connectivity index (χ3n) is 1.64. The van der Waals surface area contributed by atoms with Crippen LogP contribution in [-0.2, 0) is 0 Å². The Labute approximate surface area is 70.6 Å². The van der Waals surface area contributed by atoms with Crippen LogP contribution >= 0.6 is 0 Å². The topological polar surface area (TPSA) is 12.0 Å². The quantitative estimate of drug-likeness (QED) is 0.554. The molecule has 0 radical (unpaired) electrons. The van der Waals surface area contributed by atoms with Crippen LogP contribution in [0, 0.1) is 0 Å². The summed E-state index contributed by atoms with van der Waals surface area (Å²) in [5, 5.41) is 4.56. The standard InChI is InChI=1S/C9H13NSi/c1-10-8-6-4-2-3-5-7-9(8)11/h2-7,10H,1,11H3. The zero-order valence-corrected chi connectivity index (χ0v) is 8.96. The summed E-state index contributed by atoms with van der Waals surface area (Å²) in [6.07, 6.45) is 12.4. The molecule has 2 heteroatoms. The Kier molecular flexibility index (Phi) is 2.92. The second kappa shape index (κ2) is 3.98. The third-order valence-corrected chi connectivity index (χ3v) is 2.51. The summed E-state index contributed by atoms with van der Waals surface area (Å²) in [4.78, 5) is 0. The van der Waals surface area contributed by atoms with Crippen molar-refractivity contribution in [1.29, 1.82) is 0 Å². The van der Waals surface area contributed by atoms with Gasteiger partial charge in [-0.15, -0.1) is 0 Å². The molecule has 0 unspecified atom stereocenters. The summed E-state index contributed by atoms with van der Waals surface area (Å²) >= 11 is 0.